The van der Waals surface area contributed by atoms with E-state index in [9.17, 15) is 9.59 Å². The molecule has 132 valence electrons. The Morgan fingerprint density at radius 1 is 1.29 bits per heavy atom. The van der Waals surface area contributed by atoms with Crippen LogP contribution in [0.4, 0.5) is 5.69 Å². The molecule has 1 fully saturated rings. The topological polar surface area (TPSA) is 61.4 Å². The van der Waals surface area contributed by atoms with E-state index < -0.39 is 0 Å². The molecule has 0 unspecified atom stereocenters. The Balaban J connectivity index is 2.10. The summed E-state index contributed by atoms with van der Waals surface area (Å²) < 4.78 is 0. The Morgan fingerprint density at radius 2 is 1.96 bits per heavy atom. The number of rotatable bonds is 3. The lowest BCUT2D eigenvalue weighted by atomic mass is 9.86. The van der Waals surface area contributed by atoms with Gasteiger partial charge in [0.25, 0.3) is 0 Å². The van der Waals surface area contributed by atoms with Gasteiger partial charge >= 0.3 is 0 Å². The van der Waals surface area contributed by atoms with Crippen molar-refractivity contribution in [2.24, 2.45) is 0 Å². The van der Waals surface area contributed by atoms with Gasteiger partial charge in [0.2, 0.25) is 11.8 Å². The van der Waals surface area contributed by atoms with Crippen molar-refractivity contribution in [3.63, 3.8) is 0 Å². The van der Waals surface area contributed by atoms with E-state index in [-0.39, 0.29) is 29.3 Å². The maximum atomic E-state index is 12.6. The molecule has 0 atom stereocenters. The molecule has 0 bridgehead atoms. The highest BCUT2D eigenvalue weighted by Crippen LogP contribution is 2.29. The van der Waals surface area contributed by atoms with Crippen molar-refractivity contribution in [2.45, 2.75) is 52.0 Å². The van der Waals surface area contributed by atoms with E-state index in [0.717, 1.165) is 11.3 Å². The van der Waals surface area contributed by atoms with Crippen molar-refractivity contribution in [3.05, 3.63) is 29.8 Å². The highest BCUT2D eigenvalue weighted by atomic mass is 16.2. The standard InChI is InChI=1S/C19H29N3O2/c1-18(2,3)14-8-6-7-9-15(14)21-17(24)13-22-11-10-20-16(23)12-19(22,4)5/h6-9H,10-13H2,1-5H3,(H,20,23)(H,21,24). The van der Waals surface area contributed by atoms with Crippen molar-refractivity contribution < 1.29 is 9.59 Å². The smallest absolute Gasteiger partial charge is 0.238 e. The average molecular weight is 331 g/mol. The molecule has 1 aliphatic rings. The SMILES string of the molecule is CC(C)(C)c1ccccc1NC(=O)CN1CCNC(=O)CC1(C)C. The molecule has 0 spiro atoms. The molecule has 0 radical (unpaired) electrons. The number of hydrogen-bond donors (Lipinski definition) is 2. The van der Waals surface area contributed by atoms with Gasteiger partial charge in [-0.1, -0.05) is 39.0 Å². The molecular formula is C19H29N3O2. The lowest BCUT2D eigenvalue weighted by Gasteiger charge is -2.35. The summed E-state index contributed by atoms with van der Waals surface area (Å²) in [5, 5.41) is 5.92. The third-order valence-electron chi connectivity index (χ3n) is 4.50. The Bertz CT molecular complexity index is 617. The minimum absolute atomic E-state index is 0.0396. The van der Waals surface area contributed by atoms with Crippen LogP contribution in [-0.2, 0) is 15.0 Å². The minimum atomic E-state index is -0.332. The zero-order valence-corrected chi connectivity index (χ0v) is 15.4. The number of anilines is 1. The number of benzene rings is 1. The highest BCUT2D eigenvalue weighted by Gasteiger charge is 2.33. The van der Waals surface area contributed by atoms with E-state index in [2.05, 4.69) is 36.3 Å². The summed E-state index contributed by atoms with van der Waals surface area (Å²) in [6.07, 6.45) is 0.402. The molecule has 0 aliphatic carbocycles. The van der Waals surface area contributed by atoms with Gasteiger partial charge in [0.15, 0.2) is 0 Å². The number of para-hydroxylation sites is 1. The minimum Gasteiger partial charge on any atom is -0.355 e. The monoisotopic (exact) mass is 331 g/mol. The van der Waals surface area contributed by atoms with Gasteiger partial charge in [-0.05, 0) is 30.9 Å². The number of nitrogens with zero attached hydrogens (tertiary/aromatic N) is 1. The highest BCUT2D eigenvalue weighted by molar-refractivity contribution is 5.93. The van der Waals surface area contributed by atoms with Gasteiger partial charge in [0.1, 0.15) is 0 Å². The summed E-state index contributed by atoms with van der Waals surface area (Å²) in [7, 11) is 0. The number of amides is 2. The van der Waals surface area contributed by atoms with Crippen molar-refractivity contribution in [1.82, 2.24) is 10.2 Å². The lowest BCUT2D eigenvalue weighted by molar-refractivity contribution is -0.123. The van der Waals surface area contributed by atoms with E-state index in [1.54, 1.807) is 0 Å². The van der Waals surface area contributed by atoms with Crippen LogP contribution in [0.5, 0.6) is 0 Å². The first-order valence-corrected chi connectivity index (χ1v) is 8.51. The average Bonchev–Trinajstić information content (AvgIpc) is 2.56. The fourth-order valence-corrected chi connectivity index (χ4v) is 3.10. The van der Waals surface area contributed by atoms with Crippen LogP contribution in [0.2, 0.25) is 0 Å². The Morgan fingerprint density at radius 3 is 2.62 bits per heavy atom. The molecule has 2 amide bonds. The maximum Gasteiger partial charge on any atom is 0.238 e. The molecule has 1 heterocycles. The molecule has 0 aromatic heterocycles. The van der Waals surface area contributed by atoms with E-state index in [1.807, 2.05) is 38.1 Å². The Hall–Kier alpha value is -1.88. The molecule has 0 saturated carbocycles. The van der Waals surface area contributed by atoms with Crippen molar-refractivity contribution in [2.75, 3.05) is 25.0 Å². The molecule has 2 rings (SSSR count). The number of carbonyl (C=O) groups is 2. The quantitative estimate of drug-likeness (QED) is 0.895. The summed E-state index contributed by atoms with van der Waals surface area (Å²) in [6, 6.07) is 7.92. The van der Waals surface area contributed by atoms with Crippen LogP contribution in [0.25, 0.3) is 0 Å². The Labute approximate surface area is 144 Å². The Kier molecular flexibility index (Phi) is 5.33. The van der Waals surface area contributed by atoms with Gasteiger partial charge in [0, 0.05) is 30.7 Å². The lowest BCUT2D eigenvalue weighted by Crippen LogP contribution is -2.48. The molecule has 1 aliphatic heterocycles. The first-order chi connectivity index (χ1) is 11.1. The molecule has 5 heteroatoms. The van der Waals surface area contributed by atoms with E-state index in [4.69, 9.17) is 0 Å². The summed E-state index contributed by atoms with van der Waals surface area (Å²) in [5.74, 6) is -0.00453. The normalized spacial score (nSPS) is 18.6. The third-order valence-corrected chi connectivity index (χ3v) is 4.50. The summed E-state index contributed by atoms with van der Waals surface area (Å²) in [6.45, 7) is 11.9. The van der Waals surface area contributed by atoms with Crippen molar-refractivity contribution in [1.29, 1.82) is 0 Å². The van der Waals surface area contributed by atoms with E-state index in [0.29, 0.717) is 19.5 Å². The summed E-state index contributed by atoms with van der Waals surface area (Å²) >= 11 is 0. The predicted molar refractivity (Wildman–Crippen MR) is 97.1 cm³/mol. The van der Waals surface area contributed by atoms with Gasteiger partial charge < -0.3 is 10.6 Å². The first-order valence-electron chi connectivity index (χ1n) is 8.51. The van der Waals surface area contributed by atoms with Crippen LogP contribution < -0.4 is 10.6 Å². The maximum absolute atomic E-state index is 12.6. The van der Waals surface area contributed by atoms with Gasteiger partial charge in [-0.2, -0.15) is 0 Å². The molecule has 2 N–H and O–H groups in total. The van der Waals surface area contributed by atoms with Crippen LogP contribution in [0.3, 0.4) is 0 Å². The van der Waals surface area contributed by atoms with Crippen LogP contribution in [0.15, 0.2) is 24.3 Å². The fraction of sp³-hybridized carbons (Fsp3) is 0.579. The molecule has 1 aromatic carbocycles. The molecule has 5 nitrogen and oxygen atoms in total. The zero-order chi connectivity index (χ0) is 18.0. The summed E-state index contributed by atoms with van der Waals surface area (Å²) in [5.41, 5.74) is 1.60. The largest absolute Gasteiger partial charge is 0.355 e. The van der Waals surface area contributed by atoms with Gasteiger partial charge in [0.05, 0.1) is 6.54 Å². The van der Waals surface area contributed by atoms with Crippen LogP contribution >= 0.6 is 0 Å². The third kappa shape index (κ3) is 4.57. The fourth-order valence-electron chi connectivity index (χ4n) is 3.10. The molecule has 1 aromatic rings. The van der Waals surface area contributed by atoms with Gasteiger partial charge in [-0.3, -0.25) is 14.5 Å². The number of nitrogens with one attached hydrogen (secondary N) is 2. The first kappa shape index (κ1) is 18.5. The van der Waals surface area contributed by atoms with Gasteiger partial charge in [-0.15, -0.1) is 0 Å². The second-order valence-corrected chi connectivity index (χ2v) is 8.10. The van der Waals surface area contributed by atoms with Gasteiger partial charge in [-0.25, -0.2) is 0 Å². The van der Waals surface area contributed by atoms with Crippen molar-refractivity contribution in [3.8, 4) is 0 Å². The van der Waals surface area contributed by atoms with Crippen LogP contribution in [0.1, 0.15) is 46.6 Å². The second kappa shape index (κ2) is 6.93. The van der Waals surface area contributed by atoms with Crippen LogP contribution in [-0.4, -0.2) is 41.9 Å². The van der Waals surface area contributed by atoms with E-state index >= 15 is 0 Å². The number of hydrogen-bond acceptors (Lipinski definition) is 3. The van der Waals surface area contributed by atoms with Crippen LogP contribution in [0, 0.1) is 0 Å². The number of carbonyl (C=O) groups excluding carboxylic acids is 2. The zero-order valence-electron chi connectivity index (χ0n) is 15.4. The molecular weight excluding hydrogens is 302 g/mol. The predicted octanol–water partition coefficient (Wildman–Crippen LogP) is 2.52. The van der Waals surface area contributed by atoms with E-state index in [1.165, 1.54) is 0 Å². The molecule has 24 heavy (non-hydrogen) atoms. The molecule has 1 saturated heterocycles. The van der Waals surface area contributed by atoms with Crippen molar-refractivity contribution >= 4 is 17.5 Å². The summed E-state index contributed by atoms with van der Waals surface area (Å²) in [4.78, 5) is 26.4. The second-order valence-electron chi connectivity index (χ2n) is 8.10.